The molecule has 3 aromatic rings. The van der Waals surface area contributed by atoms with Gasteiger partial charge in [0.2, 0.25) is 0 Å². The van der Waals surface area contributed by atoms with Gasteiger partial charge in [-0.05, 0) is 68.1 Å². The van der Waals surface area contributed by atoms with Gasteiger partial charge in [-0.25, -0.2) is 4.98 Å². The number of nitrogens with one attached hydrogen (secondary N) is 1. The molecule has 1 aromatic heterocycles. The fourth-order valence-corrected chi connectivity index (χ4v) is 3.41. The maximum absolute atomic E-state index is 12.5. The van der Waals surface area contributed by atoms with Crippen molar-refractivity contribution in [3.05, 3.63) is 58.1 Å². The number of aromatic nitrogens is 2. The first kappa shape index (κ1) is 15.8. The SMILES string of the molecule is Cc1ccc2nc(SCC(=O)c3cc(C)c(C)cc3C)[nH]c2c1. The van der Waals surface area contributed by atoms with Crippen LogP contribution in [0.15, 0.2) is 35.5 Å². The summed E-state index contributed by atoms with van der Waals surface area (Å²) in [5, 5.41) is 0.792. The molecule has 1 N–H and O–H groups in total. The van der Waals surface area contributed by atoms with E-state index in [1.54, 1.807) is 0 Å². The second-order valence-corrected chi connectivity index (χ2v) is 6.99. The number of imidazole rings is 1. The molecule has 0 saturated heterocycles. The molecule has 0 spiro atoms. The quantitative estimate of drug-likeness (QED) is 0.555. The highest BCUT2D eigenvalue weighted by Crippen LogP contribution is 2.23. The van der Waals surface area contributed by atoms with E-state index in [-0.39, 0.29) is 5.78 Å². The second-order valence-electron chi connectivity index (χ2n) is 6.03. The Morgan fingerprint density at radius 1 is 1.04 bits per heavy atom. The van der Waals surface area contributed by atoms with Crippen LogP contribution in [0, 0.1) is 27.7 Å². The number of carbonyl (C=O) groups excluding carboxylic acids is 1. The van der Waals surface area contributed by atoms with Gasteiger partial charge in [0.25, 0.3) is 0 Å². The van der Waals surface area contributed by atoms with Crippen LogP contribution in [0.2, 0.25) is 0 Å². The lowest BCUT2D eigenvalue weighted by Gasteiger charge is -2.08. The Bertz CT molecular complexity index is 896. The van der Waals surface area contributed by atoms with Gasteiger partial charge in [0.1, 0.15) is 0 Å². The van der Waals surface area contributed by atoms with Gasteiger partial charge >= 0.3 is 0 Å². The lowest BCUT2D eigenvalue weighted by atomic mass is 9.99. The van der Waals surface area contributed by atoms with Crippen molar-refractivity contribution in [1.82, 2.24) is 9.97 Å². The number of nitrogens with zero attached hydrogens (tertiary/aromatic N) is 1. The number of rotatable bonds is 4. The van der Waals surface area contributed by atoms with Crippen LogP contribution in [0.25, 0.3) is 11.0 Å². The van der Waals surface area contributed by atoms with Crippen molar-refractivity contribution < 1.29 is 4.79 Å². The van der Waals surface area contributed by atoms with Crippen molar-refractivity contribution in [1.29, 1.82) is 0 Å². The zero-order valence-corrected chi connectivity index (χ0v) is 14.7. The largest absolute Gasteiger partial charge is 0.333 e. The molecule has 3 rings (SSSR count). The van der Waals surface area contributed by atoms with Gasteiger partial charge in [0.15, 0.2) is 10.9 Å². The Hall–Kier alpha value is -2.07. The van der Waals surface area contributed by atoms with Crippen molar-refractivity contribution in [2.24, 2.45) is 0 Å². The van der Waals surface area contributed by atoms with Gasteiger partial charge in [-0.15, -0.1) is 0 Å². The minimum Gasteiger partial charge on any atom is -0.333 e. The van der Waals surface area contributed by atoms with Crippen LogP contribution in [-0.4, -0.2) is 21.5 Å². The summed E-state index contributed by atoms with van der Waals surface area (Å²) >= 11 is 1.46. The monoisotopic (exact) mass is 324 g/mol. The smallest absolute Gasteiger partial charge is 0.173 e. The van der Waals surface area contributed by atoms with Crippen LogP contribution in [0.4, 0.5) is 0 Å². The summed E-state index contributed by atoms with van der Waals surface area (Å²) in [5.74, 6) is 0.537. The predicted molar refractivity (Wildman–Crippen MR) is 96.5 cm³/mol. The summed E-state index contributed by atoms with van der Waals surface area (Å²) in [6.45, 7) is 8.16. The van der Waals surface area contributed by atoms with Crippen LogP contribution in [0.3, 0.4) is 0 Å². The van der Waals surface area contributed by atoms with Crippen molar-refractivity contribution >= 4 is 28.6 Å². The summed E-state index contributed by atoms with van der Waals surface area (Å²) in [6, 6.07) is 10.2. The minimum absolute atomic E-state index is 0.146. The van der Waals surface area contributed by atoms with E-state index in [4.69, 9.17) is 0 Å². The molecule has 0 bridgehead atoms. The van der Waals surface area contributed by atoms with Crippen LogP contribution >= 0.6 is 11.8 Å². The molecule has 3 nitrogen and oxygen atoms in total. The van der Waals surface area contributed by atoms with Crippen molar-refractivity contribution in [2.45, 2.75) is 32.9 Å². The molecule has 0 unspecified atom stereocenters. The Labute approximate surface area is 140 Å². The third-order valence-electron chi connectivity index (χ3n) is 4.10. The third-order valence-corrected chi connectivity index (χ3v) is 4.97. The van der Waals surface area contributed by atoms with Crippen LogP contribution in [0.1, 0.15) is 32.6 Å². The van der Waals surface area contributed by atoms with Crippen molar-refractivity contribution in [2.75, 3.05) is 5.75 Å². The van der Waals surface area contributed by atoms with E-state index < -0.39 is 0 Å². The molecule has 0 aliphatic heterocycles. The maximum atomic E-state index is 12.5. The Morgan fingerprint density at radius 3 is 2.57 bits per heavy atom. The van der Waals surface area contributed by atoms with Crippen molar-refractivity contribution in [3.63, 3.8) is 0 Å². The standard InChI is InChI=1S/C19H20N2OS/c1-11-5-6-16-17(7-11)21-19(20-16)23-10-18(22)15-9-13(3)12(2)8-14(15)4/h5-9H,10H2,1-4H3,(H,20,21). The molecule has 1 heterocycles. The van der Waals surface area contributed by atoms with E-state index in [9.17, 15) is 4.79 Å². The molecule has 0 fully saturated rings. The number of H-pyrrole nitrogens is 1. The fraction of sp³-hybridized carbons (Fsp3) is 0.263. The van der Waals surface area contributed by atoms with Gasteiger partial charge in [-0.3, -0.25) is 4.79 Å². The highest BCUT2D eigenvalue weighted by atomic mass is 32.2. The molecule has 23 heavy (non-hydrogen) atoms. The number of Topliss-reactive ketones (excluding diaryl/α,β-unsaturated/α-hetero) is 1. The maximum Gasteiger partial charge on any atom is 0.173 e. The number of thioether (sulfide) groups is 1. The Kier molecular flexibility index (Phi) is 4.26. The highest BCUT2D eigenvalue weighted by molar-refractivity contribution is 7.99. The van der Waals surface area contributed by atoms with Gasteiger partial charge in [0.05, 0.1) is 16.8 Å². The summed E-state index contributed by atoms with van der Waals surface area (Å²) < 4.78 is 0. The molecule has 0 atom stereocenters. The molecular weight excluding hydrogens is 304 g/mol. The molecule has 0 aliphatic rings. The molecule has 2 aromatic carbocycles. The Balaban J connectivity index is 1.76. The van der Waals surface area contributed by atoms with Gasteiger partial charge in [-0.2, -0.15) is 0 Å². The lowest BCUT2D eigenvalue weighted by Crippen LogP contribution is -2.06. The minimum atomic E-state index is 0.146. The summed E-state index contributed by atoms with van der Waals surface area (Å²) in [4.78, 5) is 20.3. The number of aryl methyl sites for hydroxylation is 4. The normalized spacial score (nSPS) is 11.1. The molecule has 4 heteroatoms. The lowest BCUT2D eigenvalue weighted by molar-refractivity contribution is 0.102. The van der Waals surface area contributed by atoms with E-state index in [2.05, 4.69) is 35.9 Å². The summed E-state index contributed by atoms with van der Waals surface area (Å²) in [7, 11) is 0. The summed E-state index contributed by atoms with van der Waals surface area (Å²) in [5.41, 5.74) is 7.38. The van der Waals surface area contributed by atoms with E-state index in [1.807, 2.05) is 32.0 Å². The van der Waals surface area contributed by atoms with Crippen LogP contribution < -0.4 is 0 Å². The van der Waals surface area contributed by atoms with Crippen LogP contribution in [0.5, 0.6) is 0 Å². The van der Waals surface area contributed by atoms with E-state index >= 15 is 0 Å². The van der Waals surface area contributed by atoms with Gasteiger partial charge in [0, 0.05) is 5.56 Å². The first-order chi connectivity index (χ1) is 10.9. The van der Waals surface area contributed by atoms with Gasteiger partial charge < -0.3 is 4.98 Å². The number of hydrogen-bond acceptors (Lipinski definition) is 3. The number of fused-ring (bicyclic) bond motifs is 1. The zero-order chi connectivity index (χ0) is 16.6. The number of ketones is 1. The molecule has 0 radical (unpaired) electrons. The average molecular weight is 324 g/mol. The van der Waals surface area contributed by atoms with Gasteiger partial charge in [-0.1, -0.05) is 23.9 Å². The van der Waals surface area contributed by atoms with E-state index in [0.717, 1.165) is 32.9 Å². The number of hydrogen-bond donors (Lipinski definition) is 1. The molecule has 118 valence electrons. The molecule has 0 aliphatic carbocycles. The summed E-state index contributed by atoms with van der Waals surface area (Å²) in [6.07, 6.45) is 0. The Morgan fingerprint density at radius 2 is 1.78 bits per heavy atom. The average Bonchev–Trinajstić information content (AvgIpc) is 2.90. The van der Waals surface area contributed by atoms with E-state index in [1.165, 1.54) is 22.9 Å². The number of carbonyl (C=O) groups is 1. The molecule has 0 amide bonds. The van der Waals surface area contributed by atoms with Crippen LogP contribution in [-0.2, 0) is 0 Å². The van der Waals surface area contributed by atoms with Crippen molar-refractivity contribution in [3.8, 4) is 0 Å². The number of benzene rings is 2. The topological polar surface area (TPSA) is 45.8 Å². The first-order valence-electron chi connectivity index (χ1n) is 7.64. The molecule has 0 saturated carbocycles. The second kappa shape index (κ2) is 6.20. The number of aromatic amines is 1. The predicted octanol–water partition coefficient (Wildman–Crippen LogP) is 4.77. The fourth-order valence-electron chi connectivity index (χ4n) is 2.64. The third kappa shape index (κ3) is 3.32. The molecular formula is C19H20N2OS. The zero-order valence-electron chi connectivity index (χ0n) is 13.9. The van der Waals surface area contributed by atoms with E-state index in [0.29, 0.717) is 5.75 Å². The highest BCUT2D eigenvalue weighted by Gasteiger charge is 2.13. The first-order valence-corrected chi connectivity index (χ1v) is 8.63.